The molecule has 0 heterocycles. The van der Waals surface area contributed by atoms with Crippen molar-refractivity contribution in [2.24, 2.45) is 5.92 Å². The molecule has 2 nitrogen and oxygen atoms in total. The fourth-order valence-corrected chi connectivity index (χ4v) is 1.95. The monoisotopic (exact) mass is 285 g/mol. The van der Waals surface area contributed by atoms with Gasteiger partial charge in [0.2, 0.25) is 0 Å². The summed E-state index contributed by atoms with van der Waals surface area (Å²) in [5.41, 5.74) is 0.595. The highest BCUT2D eigenvalue weighted by atomic mass is 19.1. The van der Waals surface area contributed by atoms with Gasteiger partial charge in [-0.25, -0.2) is 8.78 Å². The van der Waals surface area contributed by atoms with Gasteiger partial charge in [-0.3, -0.25) is 0 Å². The van der Waals surface area contributed by atoms with Gasteiger partial charge in [-0.1, -0.05) is 27.7 Å². The van der Waals surface area contributed by atoms with E-state index in [1.807, 2.05) is 13.8 Å². The van der Waals surface area contributed by atoms with Crippen molar-refractivity contribution in [3.05, 3.63) is 29.3 Å². The molecule has 0 unspecified atom stereocenters. The minimum absolute atomic E-state index is 0.149. The van der Waals surface area contributed by atoms with E-state index in [0.29, 0.717) is 18.0 Å². The van der Waals surface area contributed by atoms with Gasteiger partial charge in [-0.2, -0.15) is 0 Å². The topological polar surface area (TPSA) is 21.3 Å². The van der Waals surface area contributed by atoms with Gasteiger partial charge < -0.3 is 10.1 Å². The fraction of sp³-hybridized carbons (Fsp3) is 0.625. The molecule has 0 radical (unpaired) electrons. The average molecular weight is 285 g/mol. The molecule has 20 heavy (non-hydrogen) atoms. The second kappa shape index (κ2) is 8.20. The van der Waals surface area contributed by atoms with E-state index >= 15 is 0 Å². The molecule has 1 aromatic rings. The third-order valence-corrected chi connectivity index (χ3v) is 3.13. The highest BCUT2D eigenvalue weighted by Gasteiger charge is 2.16. The first-order valence-electron chi connectivity index (χ1n) is 7.33. The first kappa shape index (κ1) is 16.9. The molecular formula is C16H25F2NO. The Labute approximate surface area is 120 Å². The van der Waals surface area contributed by atoms with E-state index in [-0.39, 0.29) is 11.9 Å². The van der Waals surface area contributed by atoms with Gasteiger partial charge in [0.25, 0.3) is 0 Å². The number of nitrogens with one attached hydrogen (secondary N) is 1. The Morgan fingerprint density at radius 3 is 2.10 bits per heavy atom. The maximum atomic E-state index is 13.9. The van der Waals surface area contributed by atoms with Crippen molar-refractivity contribution < 1.29 is 13.5 Å². The van der Waals surface area contributed by atoms with Crippen LogP contribution >= 0.6 is 0 Å². The third-order valence-electron chi connectivity index (χ3n) is 3.13. The van der Waals surface area contributed by atoms with Crippen LogP contribution in [0.15, 0.2) is 12.1 Å². The summed E-state index contributed by atoms with van der Waals surface area (Å²) in [5.74, 6) is -1.01. The molecule has 1 N–H and O–H groups in total. The van der Waals surface area contributed by atoms with Crippen LogP contribution in [-0.2, 0) is 6.54 Å². The molecule has 114 valence electrons. The van der Waals surface area contributed by atoms with Crippen molar-refractivity contribution in [3.8, 4) is 5.75 Å². The summed E-state index contributed by atoms with van der Waals surface area (Å²) >= 11 is 0. The molecule has 0 aromatic heterocycles. The smallest absolute Gasteiger partial charge is 0.191 e. The molecule has 0 aliphatic rings. The highest BCUT2D eigenvalue weighted by molar-refractivity contribution is 5.31. The van der Waals surface area contributed by atoms with Crippen LogP contribution in [0.3, 0.4) is 0 Å². The summed E-state index contributed by atoms with van der Waals surface area (Å²) in [4.78, 5) is 0. The van der Waals surface area contributed by atoms with Gasteiger partial charge in [0.15, 0.2) is 17.4 Å². The van der Waals surface area contributed by atoms with Gasteiger partial charge >= 0.3 is 0 Å². The van der Waals surface area contributed by atoms with E-state index < -0.39 is 11.6 Å². The van der Waals surface area contributed by atoms with Crippen molar-refractivity contribution >= 4 is 0 Å². The molecule has 1 aromatic carbocycles. The number of rotatable bonds is 8. The summed E-state index contributed by atoms with van der Waals surface area (Å²) in [5, 5.41) is 3.16. The van der Waals surface area contributed by atoms with Crippen molar-refractivity contribution in [1.29, 1.82) is 0 Å². The van der Waals surface area contributed by atoms with E-state index in [4.69, 9.17) is 4.74 Å². The standard InChI is InChI=1S/C16H25F2NO/c1-5-13(6-2)20-16-14(17)7-12(8-15(16)18)10-19-9-11(3)4/h7-8,11,13,19H,5-6,9-10H2,1-4H3. The average Bonchev–Trinajstić information content (AvgIpc) is 2.38. The van der Waals surface area contributed by atoms with Crippen molar-refractivity contribution in [3.63, 3.8) is 0 Å². The third kappa shape index (κ3) is 5.08. The molecule has 0 spiro atoms. The molecular weight excluding hydrogens is 260 g/mol. The van der Waals surface area contributed by atoms with E-state index in [1.54, 1.807) is 0 Å². The van der Waals surface area contributed by atoms with Crippen molar-refractivity contribution in [1.82, 2.24) is 5.32 Å². The Balaban J connectivity index is 2.75. The number of hydrogen-bond donors (Lipinski definition) is 1. The minimum atomic E-state index is -0.627. The van der Waals surface area contributed by atoms with Crippen LogP contribution < -0.4 is 10.1 Å². The molecule has 4 heteroatoms. The van der Waals surface area contributed by atoms with Crippen LogP contribution in [0.5, 0.6) is 5.75 Å². The van der Waals surface area contributed by atoms with Gasteiger partial charge in [0.1, 0.15) is 0 Å². The van der Waals surface area contributed by atoms with Crippen LogP contribution in [0.1, 0.15) is 46.1 Å². The molecule has 1 rings (SSSR count). The summed E-state index contributed by atoms with van der Waals surface area (Å²) in [6.07, 6.45) is 1.31. The Kier molecular flexibility index (Phi) is 6.93. The second-order valence-electron chi connectivity index (χ2n) is 5.47. The summed E-state index contributed by atoms with van der Waals surface area (Å²) < 4.78 is 33.3. The Hall–Kier alpha value is -1.16. The van der Waals surface area contributed by atoms with Crippen LogP contribution in [0.25, 0.3) is 0 Å². The van der Waals surface area contributed by atoms with Gasteiger partial charge in [-0.05, 0) is 43.0 Å². The quantitative estimate of drug-likeness (QED) is 0.770. The lowest BCUT2D eigenvalue weighted by Gasteiger charge is -2.17. The first-order chi connectivity index (χ1) is 9.47. The summed E-state index contributed by atoms with van der Waals surface area (Å²) in [7, 11) is 0. The van der Waals surface area contributed by atoms with Gasteiger partial charge in [-0.15, -0.1) is 0 Å². The summed E-state index contributed by atoms with van der Waals surface area (Å²) in [6.45, 7) is 9.32. The lowest BCUT2D eigenvalue weighted by molar-refractivity contribution is 0.175. The Morgan fingerprint density at radius 1 is 1.10 bits per heavy atom. The van der Waals surface area contributed by atoms with E-state index in [9.17, 15) is 8.78 Å². The maximum Gasteiger partial charge on any atom is 0.191 e. The number of benzene rings is 1. The van der Waals surface area contributed by atoms with Crippen LogP contribution in [0.4, 0.5) is 8.78 Å². The lowest BCUT2D eigenvalue weighted by atomic mass is 10.1. The zero-order chi connectivity index (χ0) is 15.1. The van der Waals surface area contributed by atoms with E-state index in [0.717, 1.165) is 19.4 Å². The molecule has 0 amide bonds. The van der Waals surface area contributed by atoms with Gasteiger partial charge in [0, 0.05) is 6.54 Å². The molecule has 0 aliphatic heterocycles. The largest absolute Gasteiger partial charge is 0.484 e. The molecule has 0 bridgehead atoms. The van der Waals surface area contributed by atoms with E-state index in [2.05, 4.69) is 19.2 Å². The fourth-order valence-electron chi connectivity index (χ4n) is 1.95. The van der Waals surface area contributed by atoms with Crippen molar-refractivity contribution in [2.45, 2.75) is 53.2 Å². The summed E-state index contributed by atoms with van der Waals surface area (Å²) in [6, 6.07) is 2.68. The van der Waals surface area contributed by atoms with Crippen LogP contribution in [0, 0.1) is 17.6 Å². The zero-order valence-corrected chi connectivity index (χ0v) is 12.8. The van der Waals surface area contributed by atoms with Crippen LogP contribution in [0.2, 0.25) is 0 Å². The maximum absolute atomic E-state index is 13.9. The lowest BCUT2D eigenvalue weighted by Crippen LogP contribution is -2.19. The normalized spacial score (nSPS) is 11.4. The minimum Gasteiger partial charge on any atom is -0.484 e. The SMILES string of the molecule is CCC(CC)Oc1c(F)cc(CNCC(C)C)cc1F. The second-order valence-corrected chi connectivity index (χ2v) is 5.47. The number of hydrogen-bond acceptors (Lipinski definition) is 2. The predicted molar refractivity (Wildman–Crippen MR) is 77.9 cm³/mol. The molecule has 0 saturated carbocycles. The molecule has 0 saturated heterocycles. The number of ether oxygens (including phenoxy) is 1. The van der Waals surface area contributed by atoms with Gasteiger partial charge in [0.05, 0.1) is 6.10 Å². The Bertz CT molecular complexity index is 394. The number of halogens is 2. The molecule has 0 atom stereocenters. The van der Waals surface area contributed by atoms with E-state index in [1.165, 1.54) is 12.1 Å². The highest BCUT2D eigenvalue weighted by Crippen LogP contribution is 2.25. The van der Waals surface area contributed by atoms with Crippen LogP contribution in [-0.4, -0.2) is 12.6 Å². The molecule has 0 fully saturated rings. The van der Waals surface area contributed by atoms with Crippen molar-refractivity contribution in [2.75, 3.05) is 6.54 Å². The molecule has 0 aliphatic carbocycles. The predicted octanol–water partition coefficient (Wildman–Crippen LogP) is 4.28. The Morgan fingerprint density at radius 2 is 1.65 bits per heavy atom. The zero-order valence-electron chi connectivity index (χ0n) is 12.8. The first-order valence-corrected chi connectivity index (χ1v) is 7.33.